The van der Waals surface area contributed by atoms with Gasteiger partial charge in [-0.2, -0.15) is 12.7 Å². The maximum atomic E-state index is 12.0. The van der Waals surface area contributed by atoms with Gasteiger partial charge in [-0.1, -0.05) is 6.92 Å². The fourth-order valence-corrected chi connectivity index (χ4v) is 3.35. The van der Waals surface area contributed by atoms with Gasteiger partial charge in [0.05, 0.1) is 5.41 Å². The minimum Gasteiger partial charge on any atom is -0.481 e. The van der Waals surface area contributed by atoms with Gasteiger partial charge in [-0.25, -0.2) is 4.72 Å². The lowest BCUT2D eigenvalue weighted by atomic mass is 9.95. The molecule has 0 amide bonds. The maximum absolute atomic E-state index is 12.0. The molecule has 18 heavy (non-hydrogen) atoms. The first-order valence-electron chi connectivity index (χ1n) is 6.13. The minimum absolute atomic E-state index is 0.102. The van der Waals surface area contributed by atoms with Gasteiger partial charge in [0, 0.05) is 19.6 Å². The highest BCUT2D eigenvalue weighted by Crippen LogP contribution is 2.19. The van der Waals surface area contributed by atoms with Crippen molar-refractivity contribution in [1.29, 1.82) is 0 Å². The number of carboxylic acid groups (broad SMARTS) is 1. The monoisotopic (exact) mass is 278 g/mol. The Balaban J connectivity index is 2.62. The molecule has 1 aliphatic rings. The quantitative estimate of drug-likeness (QED) is 0.773. The Labute approximate surface area is 109 Å². The number of hydrogen-bond acceptors (Lipinski definition) is 3. The molecule has 0 saturated carbocycles. The normalized spacial score (nSPS) is 22.9. The van der Waals surface area contributed by atoms with Crippen molar-refractivity contribution in [3.8, 4) is 0 Å². The van der Waals surface area contributed by atoms with Crippen molar-refractivity contribution in [3.63, 3.8) is 0 Å². The molecule has 6 nitrogen and oxygen atoms in total. The minimum atomic E-state index is -3.56. The zero-order valence-corrected chi connectivity index (χ0v) is 12.0. The van der Waals surface area contributed by atoms with Crippen LogP contribution in [-0.2, 0) is 15.0 Å². The number of hydrogen-bond donors (Lipinski definition) is 2. The molecule has 2 N–H and O–H groups in total. The number of rotatable bonds is 5. The van der Waals surface area contributed by atoms with Crippen LogP contribution in [0.3, 0.4) is 0 Å². The Kier molecular flexibility index (Phi) is 4.74. The van der Waals surface area contributed by atoms with E-state index in [1.807, 2.05) is 6.92 Å². The summed E-state index contributed by atoms with van der Waals surface area (Å²) in [5, 5.41) is 8.94. The predicted molar refractivity (Wildman–Crippen MR) is 68.3 cm³/mol. The Morgan fingerprint density at radius 1 is 1.50 bits per heavy atom. The van der Waals surface area contributed by atoms with E-state index in [1.165, 1.54) is 18.2 Å². The van der Waals surface area contributed by atoms with Crippen LogP contribution < -0.4 is 4.72 Å². The Morgan fingerprint density at radius 3 is 2.61 bits per heavy atom. The lowest BCUT2D eigenvalue weighted by Crippen LogP contribution is -2.48. The highest BCUT2D eigenvalue weighted by atomic mass is 32.2. The van der Waals surface area contributed by atoms with Crippen LogP contribution in [0.2, 0.25) is 0 Å². The van der Waals surface area contributed by atoms with Crippen molar-refractivity contribution in [2.24, 2.45) is 11.3 Å². The van der Waals surface area contributed by atoms with Gasteiger partial charge in [-0.05, 0) is 32.6 Å². The maximum Gasteiger partial charge on any atom is 0.310 e. The predicted octanol–water partition coefficient (Wildman–Crippen LogP) is 0.663. The van der Waals surface area contributed by atoms with Gasteiger partial charge in [0.2, 0.25) is 0 Å². The SMILES string of the molecule is CC1CCCN(S(=O)(=O)NCC(C)(C)C(=O)O)C1. The molecule has 0 bridgehead atoms. The average Bonchev–Trinajstić information content (AvgIpc) is 2.26. The molecule has 1 atom stereocenters. The molecule has 1 unspecified atom stereocenters. The molecule has 0 radical (unpaired) electrons. The van der Waals surface area contributed by atoms with Gasteiger partial charge < -0.3 is 5.11 Å². The van der Waals surface area contributed by atoms with Crippen molar-refractivity contribution in [1.82, 2.24) is 9.03 Å². The second-order valence-electron chi connectivity index (χ2n) is 5.62. The second kappa shape index (κ2) is 5.54. The molecular formula is C11H22N2O4S. The third-order valence-electron chi connectivity index (χ3n) is 3.24. The lowest BCUT2D eigenvalue weighted by Gasteiger charge is -2.31. The second-order valence-corrected chi connectivity index (χ2v) is 7.38. The van der Waals surface area contributed by atoms with E-state index >= 15 is 0 Å². The van der Waals surface area contributed by atoms with Crippen molar-refractivity contribution < 1.29 is 18.3 Å². The molecule has 1 fully saturated rings. The Morgan fingerprint density at radius 2 is 2.11 bits per heavy atom. The summed E-state index contributed by atoms with van der Waals surface area (Å²) in [5.41, 5.74) is -1.10. The molecular weight excluding hydrogens is 256 g/mol. The van der Waals surface area contributed by atoms with Gasteiger partial charge >= 0.3 is 5.97 Å². The third-order valence-corrected chi connectivity index (χ3v) is 4.76. The molecule has 0 aromatic rings. The van der Waals surface area contributed by atoms with Crippen LogP contribution in [0, 0.1) is 11.3 Å². The molecule has 0 spiro atoms. The fourth-order valence-electron chi connectivity index (χ4n) is 1.80. The van der Waals surface area contributed by atoms with Gasteiger partial charge in [0.25, 0.3) is 10.2 Å². The molecule has 1 saturated heterocycles. The standard InChI is InChI=1S/C11H22N2O4S/c1-9-5-4-6-13(7-9)18(16,17)12-8-11(2,3)10(14)15/h9,12H,4-8H2,1-3H3,(H,14,15). The van der Waals surface area contributed by atoms with E-state index < -0.39 is 21.6 Å². The first-order chi connectivity index (χ1) is 8.15. The van der Waals surface area contributed by atoms with Crippen LogP contribution in [0.15, 0.2) is 0 Å². The summed E-state index contributed by atoms with van der Waals surface area (Å²) in [7, 11) is -3.56. The zero-order chi connectivity index (χ0) is 14.0. The molecule has 7 heteroatoms. The van der Waals surface area contributed by atoms with E-state index in [0.717, 1.165) is 12.8 Å². The summed E-state index contributed by atoms with van der Waals surface area (Å²) in [6.07, 6.45) is 1.89. The van der Waals surface area contributed by atoms with E-state index in [2.05, 4.69) is 4.72 Å². The fraction of sp³-hybridized carbons (Fsp3) is 0.909. The molecule has 0 aliphatic carbocycles. The first kappa shape index (κ1) is 15.4. The molecule has 106 valence electrons. The number of nitrogens with zero attached hydrogens (tertiary/aromatic N) is 1. The van der Waals surface area contributed by atoms with Crippen LogP contribution >= 0.6 is 0 Å². The Bertz CT molecular complexity index is 405. The summed E-state index contributed by atoms with van der Waals surface area (Å²) < 4.78 is 27.8. The number of carboxylic acids is 1. The Hall–Kier alpha value is -0.660. The van der Waals surface area contributed by atoms with E-state index in [4.69, 9.17) is 5.11 Å². The highest BCUT2D eigenvalue weighted by molar-refractivity contribution is 7.87. The van der Waals surface area contributed by atoms with Crippen molar-refractivity contribution >= 4 is 16.2 Å². The van der Waals surface area contributed by atoms with Crippen LogP contribution in [-0.4, -0.2) is 43.4 Å². The molecule has 0 aromatic carbocycles. The summed E-state index contributed by atoms with van der Waals surface area (Å²) >= 11 is 0. The van der Waals surface area contributed by atoms with E-state index in [0.29, 0.717) is 19.0 Å². The smallest absolute Gasteiger partial charge is 0.310 e. The van der Waals surface area contributed by atoms with Crippen LogP contribution in [0.1, 0.15) is 33.6 Å². The summed E-state index contributed by atoms with van der Waals surface area (Å²) in [6.45, 7) is 5.92. The first-order valence-corrected chi connectivity index (χ1v) is 7.57. The largest absolute Gasteiger partial charge is 0.481 e. The molecule has 1 aliphatic heterocycles. The molecule has 0 aromatic heterocycles. The third kappa shape index (κ3) is 3.93. The van der Waals surface area contributed by atoms with E-state index in [9.17, 15) is 13.2 Å². The van der Waals surface area contributed by atoms with Gasteiger partial charge in [0.1, 0.15) is 0 Å². The van der Waals surface area contributed by atoms with Crippen molar-refractivity contribution in [2.45, 2.75) is 33.6 Å². The number of carbonyl (C=O) groups is 1. The summed E-state index contributed by atoms with van der Waals surface area (Å²) in [4.78, 5) is 10.9. The average molecular weight is 278 g/mol. The van der Waals surface area contributed by atoms with Crippen molar-refractivity contribution in [2.75, 3.05) is 19.6 Å². The zero-order valence-electron chi connectivity index (χ0n) is 11.1. The van der Waals surface area contributed by atoms with Crippen LogP contribution in [0.5, 0.6) is 0 Å². The topological polar surface area (TPSA) is 86.7 Å². The number of nitrogens with one attached hydrogen (secondary N) is 1. The van der Waals surface area contributed by atoms with E-state index in [1.54, 1.807) is 0 Å². The van der Waals surface area contributed by atoms with Gasteiger partial charge in [0.15, 0.2) is 0 Å². The summed E-state index contributed by atoms with van der Waals surface area (Å²) in [6, 6.07) is 0. The van der Waals surface area contributed by atoms with Crippen LogP contribution in [0.25, 0.3) is 0 Å². The van der Waals surface area contributed by atoms with Gasteiger partial charge in [-0.15, -0.1) is 0 Å². The van der Waals surface area contributed by atoms with Gasteiger partial charge in [-0.3, -0.25) is 4.79 Å². The molecule has 1 heterocycles. The number of piperidine rings is 1. The van der Waals surface area contributed by atoms with E-state index in [-0.39, 0.29) is 6.54 Å². The lowest BCUT2D eigenvalue weighted by molar-refractivity contribution is -0.146. The summed E-state index contributed by atoms with van der Waals surface area (Å²) in [5.74, 6) is -0.667. The molecule has 1 rings (SSSR count). The van der Waals surface area contributed by atoms with Crippen molar-refractivity contribution in [3.05, 3.63) is 0 Å². The number of aliphatic carboxylic acids is 1. The van der Waals surface area contributed by atoms with Crippen LogP contribution in [0.4, 0.5) is 0 Å². The highest BCUT2D eigenvalue weighted by Gasteiger charge is 2.32.